The Labute approximate surface area is 138 Å². The topological polar surface area (TPSA) is 12.0 Å². The van der Waals surface area contributed by atoms with Gasteiger partial charge in [-0.25, -0.2) is 0 Å². The van der Waals surface area contributed by atoms with Gasteiger partial charge in [-0.1, -0.05) is 32.4 Å². The molecule has 3 unspecified atom stereocenters. The molecule has 1 aliphatic heterocycles. The zero-order valence-electron chi connectivity index (χ0n) is 13.3. The molecule has 1 fully saturated rings. The molecule has 1 aliphatic carbocycles. The molecule has 3 rings (SSSR count). The first-order chi connectivity index (χ1) is 9.94. The van der Waals surface area contributed by atoms with Gasteiger partial charge < -0.3 is 5.32 Å². The summed E-state index contributed by atoms with van der Waals surface area (Å²) in [7, 11) is 0. The summed E-state index contributed by atoms with van der Waals surface area (Å²) in [6.45, 7) is 7.23. The van der Waals surface area contributed by atoms with Crippen molar-refractivity contribution in [1.29, 1.82) is 0 Å². The molecule has 0 spiro atoms. The lowest BCUT2D eigenvalue weighted by Crippen LogP contribution is -2.43. The first-order valence-electron chi connectivity index (χ1n) is 8.13. The minimum absolute atomic E-state index is 0.480. The highest BCUT2D eigenvalue weighted by atomic mass is 35.5. The van der Waals surface area contributed by atoms with Gasteiger partial charge in [-0.05, 0) is 66.5 Å². The molecule has 1 aromatic rings. The molecule has 21 heavy (non-hydrogen) atoms. The van der Waals surface area contributed by atoms with Gasteiger partial charge in [0.2, 0.25) is 0 Å². The number of hydrogen-bond donors (Lipinski definition) is 1. The van der Waals surface area contributed by atoms with Crippen LogP contribution < -0.4 is 5.32 Å². The minimum Gasteiger partial charge on any atom is -0.307 e. The largest absolute Gasteiger partial charge is 0.307 e. The van der Waals surface area contributed by atoms with E-state index in [2.05, 4.69) is 38.2 Å². The predicted octanol–water partition coefficient (Wildman–Crippen LogP) is 5.68. The molecule has 0 radical (unpaired) electrons. The highest BCUT2D eigenvalue weighted by Gasteiger charge is 2.34. The summed E-state index contributed by atoms with van der Waals surface area (Å²) < 4.78 is 0. The third kappa shape index (κ3) is 3.60. The zero-order chi connectivity index (χ0) is 15.0. The third-order valence-electron chi connectivity index (χ3n) is 5.12. The second-order valence-corrected chi connectivity index (χ2v) is 9.10. The van der Waals surface area contributed by atoms with E-state index in [9.17, 15) is 0 Å². The molecule has 1 nitrogen and oxygen atoms in total. The molecule has 0 saturated heterocycles. The van der Waals surface area contributed by atoms with Crippen molar-refractivity contribution in [1.82, 2.24) is 5.32 Å². The highest BCUT2D eigenvalue weighted by Crippen LogP contribution is 2.42. The normalized spacial score (nSPS) is 31.7. The van der Waals surface area contributed by atoms with Gasteiger partial charge in [0.05, 0.1) is 0 Å². The van der Waals surface area contributed by atoms with Crippen LogP contribution in [0.5, 0.6) is 0 Å². The average molecular weight is 324 g/mol. The Morgan fingerprint density at radius 1 is 1.29 bits per heavy atom. The van der Waals surface area contributed by atoms with Crippen molar-refractivity contribution in [2.45, 2.75) is 63.4 Å². The molecule has 1 N–H and O–H groups in total. The lowest BCUT2D eigenvalue weighted by molar-refractivity contribution is 0.140. The van der Waals surface area contributed by atoms with Crippen LogP contribution in [0.25, 0.3) is 0 Å². The first-order valence-corrected chi connectivity index (χ1v) is 9.49. The standard InChI is InChI=1S/C18H26ClNS/c1-12-11-18(2,3)8-6-15(12)20-16-7-9-21-17-5-4-13(19)10-14(16)17/h4-5,10,12,15-16,20H,6-9,11H2,1-3H3. The molecule has 0 amide bonds. The number of benzene rings is 1. The summed E-state index contributed by atoms with van der Waals surface area (Å²) in [5.41, 5.74) is 1.93. The van der Waals surface area contributed by atoms with Crippen molar-refractivity contribution >= 4 is 23.4 Å². The summed E-state index contributed by atoms with van der Waals surface area (Å²) in [5, 5.41) is 4.82. The van der Waals surface area contributed by atoms with E-state index in [4.69, 9.17) is 11.6 Å². The van der Waals surface area contributed by atoms with Crippen LogP contribution >= 0.6 is 23.4 Å². The van der Waals surface area contributed by atoms with E-state index in [0.29, 0.717) is 17.5 Å². The van der Waals surface area contributed by atoms with Crippen LogP contribution in [0.2, 0.25) is 5.02 Å². The first kappa shape index (κ1) is 15.7. The number of thioether (sulfide) groups is 1. The van der Waals surface area contributed by atoms with Crippen molar-refractivity contribution in [2.24, 2.45) is 11.3 Å². The van der Waals surface area contributed by atoms with E-state index in [0.717, 1.165) is 10.9 Å². The molecule has 0 aromatic heterocycles. The van der Waals surface area contributed by atoms with Gasteiger partial charge in [0.15, 0.2) is 0 Å². The maximum absolute atomic E-state index is 6.21. The monoisotopic (exact) mass is 323 g/mol. The molecular weight excluding hydrogens is 298 g/mol. The Morgan fingerprint density at radius 3 is 2.86 bits per heavy atom. The van der Waals surface area contributed by atoms with Crippen molar-refractivity contribution in [3.05, 3.63) is 28.8 Å². The minimum atomic E-state index is 0.480. The van der Waals surface area contributed by atoms with Crippen molar-refractivity contribution in [2.75, 3.05) is 5.75 Å². The Hall–Kier alpha value is -0.180. The van der Waals surface area contributed by atoms with E-state index in [1.807, 2.05) is 17.8 Å². The molecule has 2 aliphatic rings. The summed E-state index contributed by atoms with van der Waals surface area (Å²) in [6.07, 6.45) is 5.17. The summed E-state index contributed by atoms with van der Waals surface area (Å²) >= 11 is 8.18. The Bertz CT molecular complexity index is 514. The Balaban J connectivity index is 1.73. The fraction of sp³-hybridized carbons (Fsp3) is 0.667. The average Bonchev–Trinajstić information content (AvgIpc) is 2.42. The van der Waals surface area contributed by atoms with Crippen molar-refractivity contribution < 1.29 is 0 Å². The van der Waals surface area contributed by atoms with Crippen LogP contribution in [0.4, 0.5) is 0 Å². The Morgan fingerprint density at radius 2 is 2.10 bits per heavy atom. The van der Waals surface area contributed by atoms with E-state index >= 15 is 0 Å². The quantitative estimate of drug-likeness (QED) is 0.751. The van der Waals surface area contributed by atoms with E-state index in [1.54, 1.807) is 0 Å². The van der Waals surface area contributed by atoms with Crippen LogP contribution in [-0.4, -0.2) is 11.8 Å². The predicted molar refractivity (Wildman–Crippen MR) is 93.3 cm³/mol. The molecule has 1 saturated carbocycles. The van der Waals surface area contributed by atoms with Crippen LogP contribution in [0.15, 0.2) is 23.1 Å². The number of rotatable bonds is 2. The fourth-order valence-electron chi connectivity index (χ4n) is 3.99. The van der Waals surface area contributed by atoms with E-state index < -0.39 is 0 Å². The molecular formula is C18H26ClNS. The molecule has 0 bridgehead atoms. The molecule has 3 atom stereocenters. The second-order valence-electron chi connectivity index (χ2n) is 7.53. The summed E-state index contributed by atoms with van der Waals surface area (Å²) in [4.78, 5) is 1.41. The number of fused-ring (bicyclic) bond motifs is 1. The van der Waals surface area contributed by atoms with Crippen LogP contribution in [0, 0.1) is 11.3 Å². The zero-order valence-corrected chi connectivity index (χ0v) is 14.9. The Kier molecular flexibility index (Phi) is 4.59. The van der Waals surface area contributed by atoms with E-state index in [-0.39, 0.29) is 0 Å². The molecule has 3 heteroatoms. The summed E-state index contributed by atoms with van der Waals surface area (Å²) in [6, 6.07) is 7.50. The number of hydrogen-bond acceptors (Lipinski definition) is 2. The maximum Gasteiger partial charge on any atom is 0.0410 e. The number of nitrogens with one attached hydrogen (secondary N) is 1. The second kappa shape index (κ2) is 6.14. The van der Waals surface area contributed by atoms with Gasteiger partial charge in [-0.15, -0.1) is 11.8 Å². The number of halogens is 1. The lowest BCUT2D eigenvalue weighted by Gasteiger charge is -2.42. The highest BCUT2D eigenvalue weighted by molar-refractivity contribution is 7.99. The van der Waals surface area contributed by atoms with Crippen molar-refractivity contribution in [3.8, 4) is 0 Å². The molecule has 116 valence electrons. The van der Waals surface area contributed by atoms with Gasteiger partial charge in [0.25, 0.3) is 0 Å². The van der Waals surface area contributed by atoms with Crippen molar-refractivity contribution in [3.63, 3.8) is 0 Å². The maximum atomic E-state index is 6.21. The van der Waals surface area contributed by atoms with Gasteiger partial charge >= 0.3 is 0 Å². The lowest BCUT2D eigenvalue weighted by atomic mass is 9.70. The SMILES string of the molecule is CC1CC(C)(C)CCC1NC1CCSc2ccc(Cl)cc21. The van der Waals surface area contributed by atoms with Crippen LogP contribution in [0.1, 0.15) is 58.1 Å². The van der Waals surface area contributed by atoms with Crippen LogP contribution in [-0.2, 0) is 0 Å². The fourth-order valence-corrected chi connectivity index (χ4v) is 5.28. The summed E-state index contributed by atoms with van der Waals surface area (Å²) in [5.74, 6) is 1.96. The van der Waals surface area contributed by atoms with Gasteiger partial charge in [0.1, 0.15) is 0 Å². The van der Waals surface area contributed by atoms with Gasteiger partial charge in [-0.2, -0.15) is 0 Å². The molecule has 1 heterocycles. The van der Waals surface area contributed by atoms with E-state index in [1.165, 1.54) is 41.9 Å². The smallest absolute Gasteiger partial charge is 0.0410 e. The van der Waals surface area contributed by atoms with Gasteiger partial charge in [-0.3, -0.25) is 0 Å². The third-order valence-corrected chi connectivity index (χ3v) is 6.48. The molecule has 1 aromatic carbocycles. The van der Waals surface area contributed by atoms with Gasteiger partial charge in [0, 0.05) is 22.0 Å². The van der Waals surface area contributed by atoms with Crippen LogP contribution in [0.3, 0.4) is 0 Å².